The van der Waals surface area contributed by atoms with Crippen molar-refractivity contribution in [2.24, 2.45) is 0 Å². The minimum absolute atomic E-state index is 0.142. The van der Waals surface area contributed by atoms with Gasteiger partial charge in [-0.3, -0.25) is 14.5 Å². The zero-order valence-electron chi connectivity index (χ0n) is 13.0. The van der Waals surface area contributed by atoms with Crippen LogP contribution in [0.3, 0.4) is 0 Å². The maximum Gasteiger partial charge on any atom is 0.247 e. The summed E-state index contributed by atoms with van der Waals surface area (Å²) in [6.45, 7) is 3.38. The molecule has 0 saturated carbocycles. The van der Waals surface area contributed by atoms with Gasteiger partial charge >= 0.3 is 0 Å². The number of nitrogens with zero attached hydrogens (tertiary/aromatic N) is 1. The number of hydrogen-bond donors (Lipinski definition) is 1. The van der Waals surface area contributed by atoms with Gasteiger partial charge in [0.05, 0.1) is 0 Å². The Labute approximate surface area is 140 Å². The monoisotopic (exact) mass is 328 g/mol. The summed E-state index contributed by atoms with van der Waals surface area (Å²) in [4.78, 5) is 26.2. The third-order valence-electron chi connectivity index (χ3n) is 4.06. The first-order valence-electron chi connectivity index (χ1n) is 7.42. The lowest BCUT2D eigenvalue weighted by molar-refractivity contribution is -0.122. The fourth-order valence-electron chi connectivity index (χ4n) is 2.88. The number of para-hydroxylation sites is 1. The Kier molecular flexibility index (Phi) is 4.09. The van der Waals surface area contributed by atoms with Crippen molar-refractivity contribution in [2.75, 3.05) is 10.2 Å². The molecule has 23 heavy (non-hydrogen) atoms. The van der Waals surface area contributed by atoms with Crippen LogP contribution in [0.5, 0.6) is 0 Å². The molecule has 0 radical (unpaired) electrons. The fraction of sp³-hybridized carbons (Fsp3) is 0.222. The van der Waals surface area contributed by atoms with E-state index in [2.05, 4.69) is 5.32 Å². The molecule has 1 atom stereocenters. The molecule has 1 aliphatic rings. The van der Waals surface area contributed by atoms with E-state index in [-0.39, 0.29) is 11.8 Å². The van der Waals surface area contributed by atoms with Gasteiger partial charge in [-0.2, -0.15) is 0 Å². The standard InChI is InChI=1S/C18H17ClN2O2/c1-11-7-8-14(10-15(11)19)20-18(23)17-9-13-5-3-4-6-16(13)21(17)12(2)22/h3-8,10,17H,9H2,1-2H3,(H,20,23)/t17-/m0/s1. The Morgan fingerprint density at radius 1 is 1.22 bits per heavy atom. The van der Waals surface area contributed by atoms with E-state index >= 15 is 0 Å². The van der Waals surface area contributed by atoms with E-state index in [0.717, 1.165) is 16.8 Å². The molecule has 0 saturated heterocycles. The second-order valence-corrected chi connectivity index (χ2v) is 6.10. The molecule has 0 aromatic heterocycles. The molecule has 3 rings (SSSR count). The van der Waals surface area contributed by atoms with E-state index in [1.54, 1.807) is 17.0 Å². The zero-order valence-corrected chi connectivity index (χ0v) is 13.7. The predicted molar refractivity (Wildman–Crippen MR) is 91.9 cm³/mol. The minimum atomic E-state index is -0.537. The molecule has 0 bridgehead atoms. The molecule has 0 aliphatic carbocycles. The van der Waals surface area contributed by atoms with Crippen molar-refractivity contribution < 1.29 is 9.59 Å². The molecule has 2 aromatic rings. The molecule has 0 fully saturated rings. The number of halogens is 1. The van der Waals surface area contributed by atoms with Crippen molar-refractivity contribution in [3.63, 3.8) is 0 Å². The summed E-state index contributed by atoms with van der Waals surface area (Å²) >= 11 is 6.09. The molecule has 1 N–H and O–H groups in total. The minimum Gasteiger partial charge on any atom is -0.324 e. The van der Waals surface area contributed by atoms with E-state index in [9.17, 15) is 9.59 Å². The number of fused-ring (bicyclic) bond motifs is 1. The average molecular weight is 329 g/mol. The van der Waals surface area contributed by atoms with Gasteiger partial charge in [0.2, 0.25) is 11.8 Å². The van der Waals surface area contributed by atoms with Crippen LogP contribution in [-0.2, 0) is 16.0 Å². The molecule has 0 unspecified atom stereocenters. The molecule has 0 spiro atoms. The normalized spacial score (nSPS) is 16.1. The van der Waals surface area contributed by atoms with Crippen molar-refractivity contribution in [1.29, 1.82) is 0 Å². The van der Waals surface area contributed by atoms with Crippen LogP contribution in [0.15, 0.2) is 42.5 Å². The molecule has 2 aromatic carbocycles. The van der Waals surface area contributed by atoms with Crippen LogP contribution < -0.4 is 10.2 Å². The molecule has 5 heteroatoms. The fourth-order valence-corrected chi connectivity index (χ4v) is 3.06. The lowest BCUT2D eigenvalue weighted by Gasteiger charge is -2.23. The quantitative estimate of drug-likeness (QED) is 0.916. The average Bonchev–Trinajstić information content (AvgIpc) is 2.90. The Balaban J connectivity index is 1.85. The Morgan fingerprint density at radius 3 is 2.65 bits per heavy atom. The molecule has 1 aliphatic heterocycles. The number of carbonyl (C=O) groups excluding carboxylic acids is 2. The van der Waals surface area contributed by atoms with Crippen molar-refractivity contribution in [3.8, 4) is 0 Å². The Hall–Kier alpha value is -2.33. The van der Waals surface area contributed by atoms with Gasteiger partial charge in [-0.05, 0) is 36.2 Å². The number of benzene rings is 2. The van der Waals surface area contributed by atoms with Gasteiger partial charge < -0.3 is 5.32 Å². The van der Waals surface area contributed by atoms with Crippen molar-refractivity contribution in [3.05, 3.63) is 58.6 Å². The van der Waals surface area contributed by atoms with Gasteiger partial charge in [-0.25, -0.2) is 0 Å². The summed E-state index contributed by atoms with van der Waals surface area (Å²) in [6.07, 6.45) is 0.515. The topological polar surface area (TPSA) is 49.4 Å². The van der Waals surface area contributed by atoms with Crippen molar-refractivity contribution in [1.82, 2.24) is 0 Å². The number of hydrogen-bond acceptors (Lipinski definition) is 2. The Morgan fingerprint density at radius 2 is 1.96 bits per heavy atom. The van der Waals surface area contributed by atoms with Crippen molar-refractivity contribution in [2.45, 2.75) is 26.3 Å². The van der Waals surface area contributed by atoms with Gasteiger partial charge in [0, 0.05) is 29.7 Å². The van der Waals surface area contributed by atoms with Gasteiger partial charge in [-0.1, -0.05) is 35.9 Å². The predicted octanol–water partition coefficient (Wildman–Crippen LogP) is 3.56. The van der Waals surface area contributed by atoms with Crippen LogP contribution in [0.4, 0.5) is 11.4 Å². The van der Waals surface area contributed by atoms with Gasteiger partial charge in [0.1, 0.15) is 6.04 Å². The SMILES string of the molecule is CC(=O)N1c2ccccc2C[C@H]1C(=O)Nc1ccc(C)c(Cl)c1. The van der Waals surface area contributed by atoms with Gasteiger partial charge in [-0.15, -0.1) is 0 Å². The van der Waals surface area contributed by atoms with E-state index in [4.69, 9.17) is 11.6 Å². The first-order chi connectivity index (χ1) is 11.0. The van der Waals surface area contributed by atoms with Crippen LogP contribution in [0.1, 0.15) is 18.1 Å². The number of carbonyl (C=O) groups is 2. The summed E-state index contributed by atoms with van der Waals surface area (Å²) in [5, 5.41) is 3.45. The third kappa shape index (κ3) is 2.94. The maximum atomic E-state index is 12.6. The Bertz CT molecular complexity index is 788. The summed E-state index contributed by atoms with van der Waals surface area (Å²) in [5.41, 5.74) is 3.39. The largest absolute Gasteiger partial charge is 0.324 e. The highest BCUT2D eigenvalue weighted by atomic mass is 35.5. The van der Waals surface area contributed by atoms with Crippen LogP contribution in [-0.4, -0.2) is 17.9 Å². The number of aryl methyl sites for hydroxylation is 1. The van der Waals surface area contributed by atoms with Crippen LogP contribution >= 0.6 is 11.6 Å². The highest BCUT2D eigenvalue weighted by Gasteiger charge is 2.36. The second-order valence-electron chi connectivity index (χ2n) is 5.69. The van der Waals surface area contributed by atoms with E-state index in [0.29, 0.717) is 17.1 Å². The first-order valence-corrected chi connectivity index (χ1v) is 7.80. The molecular formula is C18H17ClN2O2. The number of nitrogens with one attached hydrogen (secondary N) is 1. The molecule has 2 amide bonds. The highest BCUT2D eigenvalue weighted by molar-refractivity contribution is 6.31. The van der Waals surface area contributed by atoms with Crippen LogP contribution in [0.25, 0.3) is 0 Å². The number of rotatable bonds is 2. The summed E-state index contributed by atoms with van der Waals surface area (Å²) < 4.78 is 0. The van der Waals surface area contributed by atoms with Crippen molar-refractivity contribution >= 4 is 34.8 Å². The second kappa shape index (κ2) is 6.05. The van der Waals surface area contributed by atoms with Gasteiger partial charge in [0.15, 0.2) is 0 Å². The molecular weight excluding hydrogens is 312 g/mol. The number of amides is 2. The maximum absolute atomic E-state index is 12.6. The molecule has 118 valence electrons. The third-order valence-corrected chi connectivity index (χ3v) is 4.46. The van der Waals surface area contributed by atoms with E-state index in [1.807, 2.05) is 37.3 Å². The number of anilines is 2. The summed E-state index contributed by atoms with van der Waals surface area (Å²) in [7, 11) is 0. The highest BCUT2D eigenvalue weighted by Crippen LogP contribution is 2.32. The van der Waals surface area contributed by atoms with E-state index < -0.39 is 6.04 Å². The van der Waals surface area contributed by atoms with Crippen LogP contribution in [0.2, 0.25) is 5.02 Å². The summed E-state index contributed by atoms with van der Waals surface area (Å²) in [5.74, 6) is -0.353. The lowest BCUT2D eigenvalue weighted by atomic mass is 10.1. The lowest BCUT2D eigenvalue weighted by Crippen LogP contribution is -2.44. The molecule has 4 nitrogen and oxygen atoms in total. The van der Waals surface area contributed by atoms with Crippen LogP contribution in [0, 0.1) is 6.92 Å². The van der Waals surface area contributed by atoms with E-state index in [1.165, 1.54) is 6.92 Å². The molecule has 1 heterocycles. The zero-order chi connectivity index (χ0) is 16.6. The summed E-state index contributed by atoms with van der Waals surface area (Å²) in [6, 6.07) is 12.4. The first kappa shape index (κ1) is 15.6. The smallest absolute Gasteiger partial charge is 0.247 e. The van der Waals surface area contributed by atoms with Gasteiger partial charge in [0.25, 0.3) is 0 Å².